The van der Waals surface area contributed by atoms with Gasteiger partial charge in [0.05, 0.1) is 11.9 Å². The van der Waals surface area contributed by atoms with Crippen molar-refractivity contribution in [1.29, 1.82) is 0 Å². The van der Waals surface area contributed by atoms with E-state index in [2.05, 4.69) is 11.7 Å². The van der Waals surface area contributed by atoms with Gasteiger partial charge in [-0.3, -0.25) is 4.68 Å². The summed E-state index contributed by atoms with van der Waals surface area (Å²) in [5, 5.41) is 4.07. The lowest BCUT2D eigenvalue weighted by atomic mass is 9.93. The molecule has 1 unspecified atom stereocenters. The number of halogens is 1. The molecule has 1 heterocycles. The number of aromatic nitrogens is 2. The molecule has 1 aliphatic rings. The molecule has 0 fully saturated rings. The number of fused-ring (bicyclic) bond motifs is 1. The third-order valence-corrected chi connectivity index (χ3v) is 2.36. The second-order valence-corrected chi connectivity index (χ2v) is 3.17. The summed E-state index contributed by atoms with van der Waals surface area (Å²) in [5.41, 5.74) is 2.58. The molecule has 1 aromatic rings. The van der Waals surface area contributed by atoms with Crippen molar-refractivity contribution in [3.05, 3.63) is 24.0 Å². The first-order valence-corrected chi connectivity index (χ1v) is 4.04. The van der Waals surface area contributed by atoms with E-state index in [1.165, 1.54) is 0 Å². The highest BCUT2D eigenvalue weighted by atomic mass is 19.1. The molecule has 2 nitrogen and oxygen atoms in total. The van der Waals surface area contributed by atoms with Gasteiger partial charge in [-0.05, 0) is 18.4 Å². The molecule has 1 aliphatic carbocycles. The molecule has 64 valence electrons. The second-order valence-electron chi connectivity index (χ2n) is 3.17. The molecule has 1 aromatic heterocycles. The van der Waals surface area contributed by atoms with Crippen molar-refractivity contribution in [2.24, 2.45) is 7.05 Å². The smallest absolute Gasteiger partial charge is 0.127 e. The van der Waals surface area contributed by atoms with Crippen LogP contribution < -0.4 is 0 Å². The van der Waals surface area contributed by atoms with E-state index in [9.17, 15) is 4.39 Å². The van der Waals surface area contributed by atoms with Crippen LogP contribution in [0.15, 0.2) is 12.8 Å². The van der Waals surface area contributed by atoms with Gasteiger partial charge in [-0.15, -0.1) is 0 Å². The first kappa shape index (κ1) is 7.53. The lowest BCUT2D eigenvalue weighted by Gasteiger charge is -2.18. The number of alkyl halides is 1. The van der Waals surface area contributed by atoms with Gasteiger partial charge in [-0.2, -0.15) is 5.10 Å². The maximum Gasteiger partial charge on any atom is 0.127 e. The summed E-state index contributed by atoms with van der Waals surface area (Å²) >= 11 is 0. The minimum atomic E-state index is -0.882. The molecular formula is C9H11FN2. The standard InChI is InChI=1S/C9H11FN2/c1-6-8(10)4-3-7-5-11-12(2)9(6)7/h5,8H,1,3-4H2,2H3. The first-order chi connectivity index (χ1) is 5.70. The largest absolute Gasteiger partial charge is 0.268 e. The van der Waals surface area contributed by atoms with Crippen LogP contribution >= 0.6 is 0 Å². The lowest BCUT2D eigenvalue weighted by molar-refractivity contribution is 0.381. The number of aryl methyl sites for hydroxylation is 2. The predicted octanol–water partition coefficient (Wildman–Crippen LogP) is 1.72. The zero-order valence-electron chi connectivity index (χ0n) is 7.05. The van der Waals surface area contributed by atoms with E-state index in [4.69, 9.17) is 0 Å². The molecule has 0 saturated carbocycles. The van der Waals surface area contributed by atoms with Gasteiger partial charge < -0.3 is 0 Å². The molecule has 1 atom stereocenters. The van der Waals surface area contributed by atoms with E-state index in [0.29, 0.717) is 12.0 Å². The number of hydrogen-bond donors (Lipinski definition) is 0. The lowest BCUT2D eigenvalue weighted by Crippen LogP contribution is -2.14. The van der Waals surface area contributed by atoms with Crippen LogP contribution in [0, 0.1) is 0 Å². The summed E-state index contributed by atoms with van der Waals surface area (Å²) in [4.78, 5) is 0. The fourth-order valence-electron chi connectivity index (χ4n) is 1.68. The van der Waals surface area contributed by atoms with E-state index in [-0.39, 0.29) is 0 Å². The molecule has 0 amide bonds. The summed E-state index contributed by atoms with van der Waals surface area (Å²) in [7, 11) is 1.82. The average Bonchev–Trinajstić information content (AvgIpc) is 2.41. The van der Waals surface area contributed by atoms with E-state index in [1.807, 2.05) is 7.05 Å². The Balaban J connectivity index is 2.53. The van der Waals surface area contributed by atoms with Gasteiger partial charge in [-0.25, -0.2) is 4.39 Å². The Morgan fingerprint density at radius 1 is 1.75 bits per heavy atom. The maximum absolute atomic E-state index is 13.2. The van der Waals surface area contributed by atoms with Crippen molar-refractivity contribution in [2.45, 2.75) is 19.0 Å². The van der Waals surface area contributed by atoms with Crippen LogP contribution in [0.1, 0.15) is 17.7 Å². The van der Waals surface area contributed by atoms with Crippen LogP contribution in [0.5, 0.6) is 0 Å². The summed E-state index contributed by atoms with van der Waals surface area (Å²) in [5.74, 6) is 0. The van der Waals surface area contributed by atoms with Gasteiger partial charge in [0.15, 0.2) is 0 Å². The Bertz CT molecular complexity index is 327. The van der Waals surface area contributed by atoms with E-state index in [0.717, 1.165) is 17.7 Å². The highest BCUT2D eigenvalue weighted by molar-refractivity contribution is 5.68. The molecule has 0 N–H and O–H groups in total. The van der Waals surface area contributed by atoms with Crippen LogP contribution in [0.3, 0.4) is 0 Å². The van der Waals surface area contributed by atoms with E-state index >= 15 is 0 Å². The number of allylic oxidation sites excluding steroid dienone is 1. The van der Waals surface area contributed by atoms with Crippen LogP contribution in [-0.2, 0) is 13.5 Å². The van der Waals surface area contributed by atoms with Crippen molar-refractivity contribution in [2.75, 3.05) is 0 Å². The number of hydrogen-bond acceptors (Lipinski definition) is 1. The Labute approximate surface area is 70.7 Å². The van der Waals surface area contributed by atoms with Gasteiger partial charge in [0, 0.05) is 12.6 Å². The van der Waals surface area contributed by atoms with Crippen LogP contribution in [0.2, 0.25) is 0 Å². The molecule has 0 aromatic carbocycles. The summed E-state index contributed by atoms with van der Waals surface area (Å²) in [6.07, 6.45) is 2.25. The zero-order chi connectivity index (χ0) is 8.72. The van der Waals surface area contributed by atoms with Gasteiger partial charge in [0.2, 0.25) is 0 Å². The molecule has 0 bridgehead atoms. The van der Waals surface area contributed by atoms with Crippen LogP contribution in [0.4, 0.5) is 4.39 Å². The fourth-order valence-corrected chi connectivity index (χ4v) is 1.68. The highest BCUT2D eigenvalue weighted by Crippen LogP contribution is 2.30. The molecule has 3 heteroatoms. The van der Waals surface area contributed by atoms with Crippen LogP contribution in [-0.4, -0.2) is 16.0 Å². The molecule has 12 heavy (non-hydrogen) atoms. The zero-order valence-corrected chi connectivity index (χ0v) is 7.05. The third kappa shape index (κ3) is 0.891. The monoisotopic (exact) mass is 166 g/mol. The van der Waals surface area contributed by atoms with Crippen molar-refractivity contribution >= 4 is 5.57 Å². The third-order valence-electron chi connectivity index (χ3n) is 2.36. The highest BCUT2D eigenvalue weighted by Gasteiger charge is 2.24. The van der Waals surface area contributed by atoms with Crippen molar-refractivity contribution < 1.29 is 4.39 Å². The Morgan fingerprint density at radius 3 is 3.25 bits per heavy atom. The molecule has 2 rings (SSSR count). The second kappa shape index (κ2) is 2.44. The quantitative estimate of drug-likeness (QED) is 0.573. The summed E-state index contributed by atoms with van der Waals surface area (Å²) in [6.45, 7) is 3.73. The molecule has 0 radical (unpaired) electrons. The Morgan fingerprint density at radius 2 is 2.50 bits per heavy atom. The molecule has 0 spiro atoms. The number of nitrogens with zero attached hydrogens (tertiary/aromatic N) is 2. The Kier molecular flexibility index (Phi) is 1.53. The van der Waals surface area contributed by atoms with Gasteiger partial charge in [-0.1, -0.05) is 6.58 Å². The maximum atomic E-state index is 13.2. The molecule has 0 saturated heterocycles. The van der Waals surface area contributed by atoms with E-state index in [1.54, 1.807) is 10.9 Å². The van der Waals surface area contributed by atoms with Gasteiger partial charge in [0.25, 0.3) is 0 Å². The first-order valence-electron chi connectivity index (χ1n) is 4.04. The molecule has 0 aliphatic heterocycles. The average molecular weight is 166 g/mol. The Hall–Kier alpha value is -1.12. The number of rotatable bonds is 0. The minimum absolute atomic E-state index is 0.553. The van der Waals surface area contributed by atoms with Gasteiger partial charge >= 0.3 is 0 Å². The topological polar surface area (TPSA) is 17.8 Å². The van der Waals surface area contributed by atoms with Gasteiger partial charge in [0.1, 0.15) is 6.17 Å². The van der Waals surface area contributed by atoms with E-state index < -0.39 is 6.17 Å². The normalized spacial score (nSPS) is 22.5. The van der Waals surface area contributed by atoms with Crippen LogP contribution in [0.25, 0.3) is 5.57 Å². The fraction of sp³-hybridized carbons (Fsp3) is 0.444. The minimum Gasteiger partial charge on any atom is -0.268 e. The van der Waals surface area contributed by atoms with Crippen molar-refractivity contribution in [3.63, 3.8) is 0 Å². The molecular weight excluding hydrogens is 155 g/mol. The van der Waals surface area contributed by atoms with Crippen molar-refractivity contribution in [3.8, 4) is 0 Å². The summed E-state index contributed by atoms with van der Waals surface area (Å²) in [6, 6.07) is 0. The summed E-state index contributed by atoms with van der Waals surface area (Å²) < 4.78 is 14.9. The SMILES string of the molecule is C=C1c2c(cnn2C)CCC1F. The van der Waals surface area contributed by atoms with Crippen molar-refractivity contribution in [1.82, 2.24) is 9.78 Å². The predicted molar refractivity (Wildman–Crippen MR) is 45.5 cm³/mol.